The van der Waals surface area contributed by atoms with Crippen molar-refractivity contribution < 1.29 is 43.0 Å². The third-order valence-electron chi connectivity index (χ3n) is 9.76. The zero-order valence-corrected chi connectivity index (χ0v) is 34.9. The minimum Gasteiger partial charge on any atom is -0.393 e. The average molecular weight is 673 g/mol. The predicted octanol–water partition coefficient (Wildman–Crippen LogP) is 8.90. The van der Waals surface area contributed by atoms with Crippen LogP contribution in [-0.2, 0) is 37.9 Å². The molecule has 0 amide bonds. The molecular weight excluding hydrogens is 605 g/mol. The second kappa shape index (κ2) is 14.9. The van der Waals surface area contributed by atoms with E-state index in [-0.39, 0.29) is 26.8 Å². The zero-order valence-electron chi connectivity index (χ0n) is 30.9. The van der Waals surface area contributed by atoms with Gasteiger partial charge in [-0.2, -0.15) is 0 Å². The molecular formula is C29H68O9Si4. The number of hydrogen-bond acceptors (Lipinski definition) is 9. The fourth-order valence-electron chi connectivity index (χ4n) is 2.02. The van der Waals surface area contributed by atoms with E-state index in [0.29, 0.717) is 0 Å². The van der Waals surface area contributed by atoms with Gasteiger partial charge in [-0.1, -0.05) is 83.1 Å². The van der Waals surface area contributed by atoms with Crippen LogP contribution in [0.2, 0.25) is 72.5 Å². The second-order valence-corrected chi connectivity index (χ2v) is 36.4. The van der Waals surface area contributed by atoms with Crippen molar-refractivity contribution in [3.8, 4) is 0 Å². The van der Waals surface area contributed by atoms with Gasteiger partial charge in [0, 0.05) is 0 Å². The zero-order chi connectivity index (χ0) is 33.8. The van der Waals surface area contributed by atoms with Crippen molar-refractivity contribution in [3.63, 3.8) is 0 Å². The van der Waals surface area contributed by atoms with Gasteiger partial charge in [-0.15, -0.1) is 0 Å². The van der Waals surface area contributed by atoms with Gasteiger partial charge >= 0.3 is 0 Å². The van der Waals surface area contributed by atoms with Crippen LogP contribution in [0, 0.1) is 0 Å². The fraction of sp³-hybridized carbons (Fsp3) is 1.00. The first-order valence-electron chi connectivity index (χ1n) is 15.3. The summed E-state index contributed by atoms with van der Waals surface area (Å²) in [5, 5.41) is 10.2. The fourth-order valence-corrected chi connectivity index (χ4v) is 4.46. The smallest absolute Gasteiger partial charge is 0.238 e. The number of hydrogen-bond donors (Lipinski definition) is 1. The number of rotatable bonds is 16. The molecule has 0 unspecified atom stereocenters. The van der Waals surface area contributed by atoms with Gasteiger partial charge in [0.25, 0.3) is 0 Å². The molecule has 0 bridgehead atoms. The minimum absolute atomic E-state index is 0.0351. The lowest BCUT2D eigenvalue weighted by Crippen LogP contribution is -2.53. The molecule has 0 spiro atoms. The standard InChI is InChI=1S/C29H68O9Si4/c1-26(2,3)39(13,14)35-31-22-24(33-37-41(17,18)28(7,8)9)25(34-38-42(19,20)29(10,11)12)23(21-30)32-36-40(15,16)27(4,5)6/h23-25,30H,21-22H2,1-20H3/t23-,24+,25-/m1/s1. The van der Waals surface area contributed by atoms with Crippen molar-refractivity contribution in [1.29, 1.82) is 0 Å². The van der Waals surface area contributed by atoms with Crippen LogP contribution in [-0.4, -0.2) is 69.9 Å². The number of aliphatic hydroxyl groups excluding tert-OH is 1. The van der Waals surface area contributed by atoms with E-state index in [1.165, 1.54) is 0 Å². The molecule has 0 radical (unpaired) electrons. The summed E-state index contributed by atoms with van der Waals surface area (Å²) in [4.78, 5) is 24.3. The monoisotopic (exact) mass is 672 g/mol. The maximum atomic E-state index is 10.6. The van der Waals surface area contributed by atoms with Gasteiger partial charge in [0.05, 0.1) is 6.61 Å². The summed E-state index contributed by atoms with van der Waals surface area (Å²) in [6, 6.07) is 0. The molecule has 3 atom stereocenters. The molecule has 0 aromatic carbocycles. The Balaban J connectivity index is 6.50. The lowest BCUT2D eigenvalue weighted by Gasteiger charge is -2.41. The van der Waals surface area contributed by atoms with E-state index in [1.54, 1.807) is 0 Å². The van der Waals surface area contributed by atoms with Crippen molar-refractivity contribution in [2.45, 2.75) is 174 Å². The Morgan fingerprint density at radius 1 is 0.452 bits per heavy atom. The van der Waals surface area contributed by atoms with E-state index < -0.39 is 58.2 Å². The summed E-state index contributed by atoms with van der Waals surface area (Å²) in [5.41, 5.74) is 0. The van der Waals surface area contributed by atoms with Crippen LogP contribution >= 0.6 is 0 Å². The van der Waals surface area contributed by atoms with Crippen LogP contribution in [0.4, 0.5) is 0 Å². The van der Waals surface area contributed by atoms with E-state index in [2.05, 4.69) is 135 Å². The quantitative estimate of drug-likeness (QED) is 0.0980. The van der Waals surface area contributed by atoms with Gasteiger partial charge in [-0.25, -0.2) is 19.6 Å². The molecule has 254 valence electrons. The molecule has 0 rings (SSSR count). The van der Waals surface area contributed by atoms with Crippen molar-refractivity contribution in [2.24, 2.45) is 0 Å². The molecule has 0 aliphatic carbocycles. The maximum Gasteiger partial charge on any atom is 0.238 e. The summed E-state index contributed by atoms with van der Waals surface area (Å²) in [7, 11) is -9.31. The topological polar surface area (TPSA) is 94.1 Å². The van der Waals surface area contributed by atoms with Crippen LogP contribution in [0.25, 0.3) is 0 Å². The Morgan fingerprint density at radius 2 is 0.738 bits per heavy atom. The van der Waals surface area contributed by atoms with Gasteiger partial charge < -0.3 is 5.11 Å². The van der Waals surface area contributed by atoms with E-state index in [0.717, 1.165) is 0 Å². The molecule has 0 aliphatic heterocycles. The van der Waals surface area contributed by atoms with Crippen LogP contribution in [0.15, 0.2) is 0 Å². The third kappa shape index (κ3) is 12.4. The summed E-state index contributed by atoms with van der Waals surface area (Å²) in [6.45, 7) is 41.9. The highest BCUT2D eigenvalue weighted by Crippen LogP contribution is 2.41. The van der Waals surface area contributed by atoms with E-state index in [1.807, 2.05) is 0 Å². The van der Waals surface area contributed by atoms with Gasteiger partial charge in [0.2, 0.25) is 33.3 Å². The molecule has 0 aromatic heterocycles. The molecule has 0 saturated heterocycles. The molecule has 9 nitrogen and oxygen atoms in total. The largest absolute Gasteiger partial charge is 0.393 e. The first kappa shape index (κ1) is 42.5. The van der Waals surface area contributed by atoms with Gasteiger partial charge in [-0.3, -0.25) is 18.3 Å². The van der Waals surface area contributed by atoms with Gasteiger partial charge in [0.15, 0.2) is 6.10 Å². The van der Waals surface area contributed by atoms with Crippen molar-refractivity contribution in [1.82, 2.24) is 0 Å². The molecule has 0 fully saturated rings. The highest BCUT2D eigenvalue weighted by Gasteiger charge is 2.47. The number of aliphatic hydroxyl groups is 1. The molecule has 0 saturated carbocycles. The molecule has 13 heteroatoms. The van der Waals surface area contributed by atoms with Crippen LogP contribution < -0.4 is 0 Å². The van der Waals surface area contributed by atoms with Crippen LogP contribution in [0.1, 0.15) is 83.1 Å². The second-order valence-electron chi connectivity index (χ2n) is 17.7. The Kier molecular flexibility index (Phi) is 15.1. The average Bonchev–Trinajstić information content (AvgIpc) is 2.75. The molecule has 0 aromatic rings. The minimum atomic E-state index is -2.38. The molecule has 42 heavy (non-hydrogen) atoms. The normalized spacial score (nSPS) is 17.4. The lowest BCUT2D eigenvalue weighted by molar-refractivity contribution is -0.393. The third-order valence-corrected chi connectivity index (χ3v) is 26.3. The van der Waals surface area contributed by atoms with Crippen molar-refractivity contribution >= 4 is 33.3 Å². The Morgan fingerprint density at radius 3 is 1.05 bits per heavy atom. The highest BCUT2D eigenvalue weighted by atomic mass is 28.4. The van der Waals surface area contributed by atoms with Crippen LogP contribution in [0.5, 0.6) is 0 Å². The first-order valence-corrected chi connectivity index (χ1v) is 26.9. The van der Waals surface area contributed by atoms with Crippen molar-refractivity contribution in [2.75, 3.05) is 13.2 Å². The Bertz CT molecular complexity index is 808. The van der Waals surface area contributed by atoms with Gasteiger partial charge in [0.1, 0.15) is 18.8 Å². The predicted molar refractivity (Wildman–Crippen MR) is 181 cm³/mol. The van der Waals surface area contributed by atoms with E-state index >= 15 is 0 Å². The maximum absolute atomic E-state index is 10.6. The highest BCUT2D eigenvalue weighted by molar-refractivity contribution is 6.75. The summed E-state index contributed by atoms with van der Waals surface area (Å²) >= 11 is 0. The summed E-state index contributed by atoms with van der Waals surface area (Å²) in [5.74, 6) is 0. The first-order chi connectivity index (χ1) is 18.3. The van der Waals surface area contributed by atoms with Crippen LogP contribution in [0.3, 0.4) is 0 Å². The Labute approximate surface area is 262 Å². The SMILES string of the molecule is CC(C)(C)[Si](C)(C)OOC[C@H](OO[Si](C)(C)C(C)(C)C)[C@H](OO[Si](C)(C)C(C)(C)C)[C@@H](CO)OO[Si](C)(C)C(C)(C)C. The van der Waals surface area contributed by atoms with E-state index in [9.17, 15) is 5.11 Å². The molecule has 0 heterocycles. The molecule has 1 N–H and O–H groups in total. The van der Waals surface area contributed by atoms with Crippen molar-refractivity contribution in [3.05, 3.63) is 0 Å². The Hall–Kier alpha value is 0.508. The van der Waals surface area contributed by atoms with E-state index in [4.69, 9.17) is 37.9 Å². The lowest BCUT2D eigenvalue weighted by atomic mass is 10.1. The summed E-state index contributed by atoms with van der Waals surface area (Å²) < 4.78 is 24.5. The summed E-state index contributed by atoms with van der Waals surface area (Å²) in [6.07, 6.45) is -2.77. The molecule has 0 aliphatic rings. The van der Waals surface area contributed by atoms with Gasteiger partial charge in [-0.05, 0) is 72.5 Å².